The fraction of sp³-hybridized carbons (Fsp3) is 0.500. The summed E-state index contributed by atoms with van der Waals surface area (Å²) in [5.74, 6) is -0.720. The van der Waals surface area contributed by atoms with Crippen molar-refractivity contribution in [1.29, 1.82) is 0 Å². The topological polar surface area (TPSA) is 40.5 Å². The maximum atomic E-state index is 10.9. The van der Waals surface area contributed by atoms with Gasteiger partial charge in [-0.15, -0.1) is 0 Å². The first-order chi connectivity index (χ1) is 8.39. The van der Waals surface area contributed by atoms with Gasteiger partial charge in [-0.25, -0.2) is 0 Å². The zero-order chi connectivity index (χ0) is 13.3. The quantitative estimate of drug-likeness (QED) is 0.913. The number of carboxylic acids is 1. The van der Waals surface area contributed by atoms with E-state index in [1.807, 2.05) is 25.1 Å². The zero-order valence-electron chi connectivity index (χ0n) is 10.7. The summed E-state index contributed by atoms with van der Waals surface area (Å²) >= 11 is 6.03. The third-order valence-corrected chi connectivity index (χ3v) is 3.88. The molecule has 0 aliphatic carbocycles. The molecule has 0 radical (unpaired) electrons. The number of carboxylic acid groups (broad SMARTS) is 1. The summed E-state index contributed by atoms with van der Waals surface area (Å²) in [4.78, 5) is 13.1. The lowest BCUT2D eigenvalue weighted by Crippen LogP contribution is -2.27. The van der Waals surface area contributed by atoms with Crippen molar-refractivity contribution in [2.24, 2.45) is 5.41 Å². The molecule has 18 heavy (non-hydrogen) atoms. The van der Waals surface area contributed by atoms with E-state index in [2.05, 4.69) is 11.8 Å². The Morgan fingerprint density at radius 1 is 1.56 bits per heavy atom. The molecule has 0 amide bonds. The largest absolute Gasteiger partial charge is 0.481 e. The number of halogens is 1. The molecule has 1 unspecified atom stereocenters. The van der Waals surface area contributed by atoms with Crippen molar-refractivity contribution in [3.63, 3.8) is 0 Å². The molecule has 98 valence electrons. The number of rotatable bonds is 3. The normalized spacial score (nSPS) is 23.4. The van der Waals surface area contributed by atoms with E-state index in [9.17, 15) is 4.79 Å². The molecule has 1 fully saturated rings. The van der Waals surface area contributed by atoms with Crippen LogP contribution in [0.15, 0.2) is 18.2 Å². The van der Waals surface area contributed by atoms with Gasteiger partial charge in [0.25, 0.3) is 0 Å². The van der Waals surface area contributed by atoms with E-state index < -0.39 is 5.97 Å². The summed E-state index contributed by atoms with van der Waals surface area (Å²) in [7, 11) is 0. The summed E-state index contributed by atoms with van der Waals surface area (Å²) < 4.78 is 0. The van der Waals surface area contributed by atoms with Crippen LogP contribution >= 0.6 is 11.6 Å². The molecule has 1 atom stereocenters. The Kier molecular flexibility index (Phi) is 3.53. The van der Waals surface area contributed by atoms with Crippen LogP contribution in [0.25, 0.3) is 0 Å². The summed E-state index contributed by atoms with van der Waals surface area (Å²) in [5.41, 5.74) is 2.16. The molecule has 0 aromatic heterocycles. The average molecular weight is 268 g/mol. The Bertz CT molecular complexity index is 475. The van der Waals surface area contributed by atoms with E-state index in [1.165, 1.54) is 5.56 Å². The fourth-order valence-electron chi connectivity index (χ4n) is 2.66. The van der Waals surface area contributed by atoms with Gasteiger partial charge in [0.05, 0.1) is 6.42 Å². The van der Waals surface area contributed by atoms with Gasteiger partial charge in [-0.3, -0.25) is 4.79 Å². The molecule has 1 saturated heterocycles. The Balaban J connectivity index is 2.17. The minimum absolute atomic E-state index is 0.138. The minimum atomic E-state index is -0.720. The highest BCUT2D eigenvalue weighted by molar-refractivity contribution is 6.30. The number of aliphatic carboxylic acids is 1. The van der Waals surface area contributed by atoms with Crippen molar-refractivity contribution in [3.8, 4) is 0 Å². The number of benzene rings is 1. The first-order valence-electron chi connectivity index (χ1n) is 6.13. The van der Waals surface area contributed by atoms with Gasteiger partial charge in [-0.2, -0.15) is 0 Å². The van der Waals surface area contributed by atoms with Crippen molar-refractivity contribution >= 4 is 23.3 Å². The van der Waals surface area contributed by atoms with Crippen LogP contribution in [0.2, 0.25) is 5.02 Å². The molecule has 0 bridgehead atoms. The Labute approximate surface area is 112 Å². The maximum Gasteiger partial charge on any atom is 0.303 e. The molecule has 1 aliphatic heterocycles. The Hall–Kier alpha value is -1.22. The average Bonchev–Trinajstić information content (AvgIpc) is 2.63. The summed E-state index contributed by atoms with van der Waals surface area (Å²) in [5, 5.41) is 9.68. The molecule has 2 rings (SSSR count). The van der Waals surface area contributed by atoms with E-state index in [0.29, 0.717) is 0 Å². The van der Waals surface area contributed by atoms with Crippen LogP contribution in [0.3, 0.4) is 0 Å². The number of nitrogens with zero attached hydrogens (tertiary/aromatic N) is 1. The summed E-state index contributed by atoms with van der Waals surface area (Å²) in [6.45, 7) is 5.77. The molecule has 0 saturated carbocycles. The van der Waals surface area contributed by atoms with Gasteiger partial charge >= 0.3 is 5.97 Å². The molecule has 1 aromatic rings. The summed E-state index contributed by atoms with van der Waals surface area (Å²) in [6.07, 6.45) is 1.13. The predicted molar refractivity (Wildman–Crippen MR) is 73.4 cm³/mol. The lowest BCUT2D eigenvalue weighted by Gasteiger charge is -2.25. The predicted octanol–water partition coefficient (Wildman–Crippen LogP) is 3.34. The fourth-order valence-corrected chi connectivity index (χ4v) is 2.83. The zero-order valence-corrected chi connectivity index (χ0v) is 11.5. The molecule has 1 aliphatic rings. The standard InChI is InChI=1S/C14H18ClNO2/c1-10-3-4-11(15)7-12(10)16-6-5-14(2,9-16)8-13(17)18/h3-4,7H,5-6,8-9H2,1-2H3,(H,17,18). The van der Waals surface area contributed by atoms with Crippen LogP contribution in [0, 0.1) is 12.3 Å². The first kappa shape index (κ1) is 13.2. The van der Waals surface area contributed by atoms with Gasteiger partial charge in [-0.05, 0) is 36.5 Å². The molecule has 1 aromatic carbocycles. The van der Waals surface area contributed by atoms with E-state index in [1.54, 1.807) is 0 Å². The number of anilines is 1. The highest BCUT2D eigenvalue weighted by atomic mass is 35.5. The van der Waals surface area contributed by atoms with Gasteiger partial charge in [0, 0.05) is 23.8 Å². The SMILES string of the molecule is Cc1ccc(Cl)cc1N1CCC(C)(CC(=O)O)C1. The maximum absolute atomic E-state index is 10.9. The van der Waals surface area contributed by atoms with Crippen LogP contribution in [0.5, 0.6) is 0 Å². The third-order valence-electron chi connectivity index (χ3n) is 3.65. The van der Waals surface area contributed by atoms with Gasteiger partial charge in [0.2, 0.25) is 0 Å². The third kappa shape index (κ3) is 2.78. The van der Waals surface area contributed by atoms with Gasteiger partial charge in [-0.1, -0.05) is 24.6 Å². The van der Waals surface area contributed by atoms with Crippen molar-refractivity contribution in [2.45, 2.75) is 26.7 Å². The number of aryl methyl sites for hydroxylation is 1. The monoisotopic (exact) mass is 267 g/mol. The van der Waals surface area contributed by atoms with Crippen LogP contribution in [-0.4, -0.2) is 24.2 Å². The van der Waals surface area contributed by atoms with Crippen LogP contribution < -0.4 is 4.90 Å². The molecule has 1 N–H and O–H groups in total. The smallest absolute Gasteiger partial charge is 0.303 e. The molecular formula is C14H18ClNO2. The highest BCUT2D eigenvalue weighted by Crippen LogP contribution is 2.37. The van der Waals surface area contributed by atoms with Gasteiger partial charge in [0.1, 0.15) is 0 Å². The molecule has 3 nitrogen and oxygen atoms in total. The molecule has 0 spiro atoms. The van der Waals surface area contributed by atoms with Crippen LogP contribution in [0.1, 0.15) is 25.3 Å². The first-order valence-corrected chi connectivity index (χ1v) is 6.50. The van der Waals surface area contributed by atoms with E-state index >= 15 is 0 Å². The lowest BCUT2D eigenvalue weighted by molar-refractivity contribution is -0.139. The van der Waals surface area contributed by atoms with E-state index in [4.69, 9.17) is 16.7 Å². The van der Waals surface area contributed by atoms with Gasteiger partial charge < -0.3 is 10.0 Å². The number of carbonyl (C=O) groups is 1. The van der Waals surface area contributed by atoms with E-state index in [-0.39, 0.29) is 11.8 Å². The second-order valence-corrected chi connectivity index (χ2v) is 5.92. The van der Waals surface area contributed by atoms with E-state index in [0.717, 1.165) is 30.2 Å². The summed E-state index contributed by atoms with van der Waals surface area (Å²) in [6, 6.07) is 5.85. The van der Waals surface area contributed by atoms with Crippen molar-refractivity contribution < 1.29 is 9.90 Å². The molecular weight excluding hydrogens is 250 g/mol. The minimum Gasteiger partial charge on any atom is -0.481 e. The Morgan fingerprint density at radius 3 is 2.94 bits per heavy atom. The lowest BCUT2D eigenvalue weighted by atomic mass is 9.86. The van der Waals surface area contributed by atoms with Gasteiger partial charge in [0.15, 0.2) is 0 Å². The van der Waals surface area contributed by atoms with Crippen LogP contribution in [-0.2, 0) is 4.79 Å². The molecule has 1 heterocycles. The van der Waals surface area contributed by atoms with Crippen LogP contribution in [0.4, 0.5) is 5.69 Å². The number of hydrogen-bond acceptors (Lipinski definition) is 2. The van der Waals surface area contributed by atoms with Crippen molar-refractivity contribution in [1.82, 2.24) is 0 Å². The highest BCUT2D eigenvalue weighted by Gasteiger charge is 2.36. The second-order valence-electron chi connectivity index (χ2n) is 5.48. The Morgan fingerprint density at radius 2 is 2.28 bits per heavy atom. The number of hydrogen-bond donors (Lipinski definition) is 1. The van der Waals surface area contributed by atoms with Crippen molar-refractivity contribution in [3.05, 3.63) is 28.8 Å². The molecule has 4 heteroatoms. The van der Waals surface area contributed by atoms with Crippen molar-refractivity contribution in [2.75, 3.05) is 18.0 Å². The second kappa shape index (κ2) is 4.81.